The highest BCUT2D eigenvalue weighted by Crippen LogP contribution is 2.39. The highest BCUT2D eigenvalue weighted by atomic mass is 16.8. The van der Waals surface area contributed by atoms with Crippen LogP contribution in [0.15, 0.2) is 30.3 Å². The van der Waals surface area contributed by atoms with Crippen molar-refractivity contribution in [3.8, 4) is 0 Å². The third-order valence-corrected chi connectivity index (χ3v) is 4.07. The Bertz CT molecular complexity index is 543. The second kappa shape index (κ2) is 6.57. The molecule has 6 nitrogen and oxygen atoms in total. The average molecular weight is 322 g/mol. The van der Waals surface area contributed by atoms with Crippen LogP contribution in [-0.2, 0) is 18.9 Å². The summed E-state index contributed by atoms with van der Waals surface area (Å²) in [5.41, 5.74) is 0.521. The number of rotatable bonds is 5. The molecule has 4 atom stereocenters. The van der Waals surface area contributed by atoms with Crippen LogP contribution in [-0.4, -0.2) is 54.5 Å². The first-order valence-corrected chi connectivity index (χ1v) is 7.84. The van der Waals surface area contributed by atoms with E-state index < -0.39 is 11.9 Å². The molecule has 0 saturated carbocycles. The van der Waals surface area contributed by atoms with E-state index in [4.69, 9.17) is 18.9 Å². The van der Waals surface area contributed by atoms with Gasteiger partial charge in [-0.1, -0.05) is 18.2 Å². The average Bonchev–Trinajstić information content (AvgIpc) is 3.01. The molecule has 2 fully saturated rings. The molecule has 2 aliphatic heterocycles. The molecule has 1 N–H and O–H groups in total. The van der Waals surface area contributed by atoms with E-state index >= 15 is 0 Å². The van der Waals surface area contributed by atoms with Crippen LogP contribution in [0, 0.1) is 0 Å². The van der Waals surface area contributed by atoms with Crippen LogP contribution in [0.3, 0.4) is 0 Å². The number of hydrogen-bond donors (Lipinski definition) is 1. The zero-order chi connectivity index (χ0) is 16.4. The summed E-state index contributed by atoms with van der Waals surface area (Å²) in [6, 6.07) is 8.85. The van der Waals surface area contributed by atoms with Gasteiger partial charge in [-0.25, -0.2) is 4.79 Å². The standard InChI is InChI=1S/C17H22O6/c1-17(2)22-14-12(21-13(10-18)15(14)23-17)8-9-20-16(19)11-6-4-3-5-7-11/h3-7,12-15,18H,8-10H2,1-2H3/t12-,13+,14-,15+/m0/s1. The summed E-state index contributed by atoms with van der Waals surface area (Å²) in [4.78, 5) is 11.9. The van der Waals surface area contributed by atoms with E-state index in [1.807, 2.05) is 19.9 Å². The number of carbonyl (C=O) groups excluding carboxylic acids is 1. The lowest BCUT2D eigenvalue weighted by Crippen LogP contribution is -2.31. The molecule has 126 valence electrons. The molecular weight excluding hydrogens is 300 g/mol. The Balaban J connectivity index is 1.53. The van der Waals surface area contributed by atoms with Crippen molar-refractivity contribution in [2.45, 2.75) is 50.5 Å². The maximum absolute atomic E-state index is 11.9. The van der Waals surface area contributed by atoms with Crippen LogP contribution in [0.2, 0.25) is 0 Å². The van der Waals surface area contributed by atoms with Crippen LogP contribution in [0.4, 0.5) is 0 Å². The Labute approximate surface area is 135 Å². The number of benzene rings is 1. The van der Waals surface area contributed by atoms with E-state index in [9.17, 15) is 9.90 Å². The Hall–Kier alpha value is -1.47. The zero-order valence-electron chi connectivity index (χ0n) is 13.3. The van der Waals surface area contributed by atoms with Crippen LogP contribution < -0.4 is 0 Å². The van der Waals surface area contributed by atoms with Crippen molar-refractivity contribution in [2.75, 3.05) is 13.2 Å². The summed E-state index contributed by atoms with van der Waals surface area (Å²) in [6.07, 6.45) is -0.711. The third kappa shape index (κ3) is 3.55. The first-order valence-electron chi connectivity index (χ1n) is 7.84. The minimum Gasteiger partial charge on any atom is -0.462 e. The minimum absolute atomic E-state index is 0.124. The highest BCUT2D eigenvalue weighted by Gasteiger charge is 2.54. The van der Waals surface area contributed by atoms with Gasteiger partial charge in [-0.05, 0) is 26.0 Å². The molecule has 0 aromatic heterocycles. The zero-order valence-corrected chi connectivity index (χ0v) is 13.3. The fourth-order valence-corrected chi connectivity index (χ4v) is 3.08. The third-order valence-electron chi connectivity index (χ3n) is 4.07. The van der Waals surface area contributed by atoms with Crippen molar-refractivity contribution in [1.29, 1.82) is 0 Å². The van der Waals surface area contributed by atoms with Gasteiger partial charge in [0.25, 0.3) is 0 Å². The second-order valence-corrected chi connectivity index (χ2v) is 6.25. The number of esters is 1. The summed E-state index contributed by atoms with van der Waals surface area (Å²) in [7, 11) is 0. The Morgan fingerprint density at radius 2 is 1.83 bits per heavy atom. The van der Waals surface area contributed by atoms with E-state index in [1.165, 1.54) is 0 Å². The van der Waals surface area contributed by atoms with Gasteiger partial charge in [0, 0.05) is 6.42 Å². The molecule has 1 aromatic carbocycles. The summed E-state index contributed by atoms with van der Waals surface area (Å²) < 4.78 is 22.7. The Morgan fingerprint density at radius 3 is 2.48 bits per heavy atom. The van der Waals surface area contributed by atoms with E-state index in [1.54, 1.807) is 24.3 Å². The summed E-state index contributed by atoms with van der Waals surface area (Å²) >= 11 is 0. The Kier molecular flexibility index (Phi) is 4.68. The molecule has 0 unspecified atom stereocenters. The van der Waals surface area contributed by atoms with Crippen molar-refractivity contribution >= 4 is 5.97 Å². The van der Waals surface area contributed by atoms with Crippen LogP contribution in [0.5, 0.6) is 0 Å². The van der Waals surface area contributed by atoms with E-state index in [-0.39, 0.29) is 37.5 Å². The van der Waals surface area contributed by atoms with Gasteiger partial charge in [0.15, 0.2) is 5.79 Å². The lowest BCUT2D eigenvalue weighted by atomic mass is 10.1. The topological polar surface area (TPSA) is 74.2 Å². The minimum atomic E-state index is -0.689. The second-order valence-electron chi connectivity index (χ2n) is 6.25. The maximum atomic E-state index is 11.9. The molecule has 0 spiro atoms. The summed E-state index contributed by atoms with van der Waals surface area (Å²) in [6.45, 7) is 3.78. The molecule has 6 heteroatoms. The summed E-state index contributed by atoms with van der Waals surface area (Å²) in [5.74, 6) is -1.05. The van der Waals surface area contributed by atoms with Crippen molar-refractivity contribution < 1.29 is 28.8 Å². The van der Waals surface area contributed by atoms with Crippen molar-refractivity contribution in [2.24, 2.45) is 0 Å². The fraction of sp³-hybridized carbons (Fsp3) is 0.588. The first-order chi connectivity index (χ1) is 11.0. The highest BCUT2D eigenvalue weighted by molar-refractivity contribution is 5.89. The predicted molar refractivity (Wildman–Crippen MR) is 80.9 cm³/mol. The van der Waals surface area contributed by atoms with Gasteiger partial charge in [0.2, 0.25) is 0 Å². The monoisotopic (exact) mass is 322 g/mol. The molecule has 1 aromatic rings. The number of ether oxygens (including phenoxy) is 4. The number of hydrogen-bond acceptors (Lipinski definition) is 6. The van der Waals surface area contributed by atoms with Crippen LogP contribution >= 0.6 is 0 Å². The molecule has 0 aliphatic carbocycles. The predicted octanol–water partition coefficient (Wildman–Crippen LogP) is 1.51. The fourth-order valence-electron chi connectivity index (χ4n) is 3.08. The van der Waals surface area contributed by atoms with Crippen molar-refractivity contribution in [1.82, 2.24) is 0 Å². The SMILES string of the molecule is CC1(C)O[C@@H]2[C@H](O1)[C@@H](CO)O[C@H]2CCOC(=O)c1ccccc1. The molecule has 0 bridgehead atoms. The molecular formula is C17H22O6. The van der Waals surface area contributed by atoms with E-state index in [0.29, 0.717) is 12.0 Å². The molecule has 3 rings (SSSR count). The maximum Gasteiger partial charge on any atom is 0.338 e. The molecule has 0 amide bonds. The van der Waals surface area contributed by atoms with Gasteiger partial charge in [-0.15, -0.1) is 0 Å². The molecule has 2 heterocycles. The lowest BCUT2D eigenvalue weighted by molar-refractivity contribution is -0.191. The van der Waals surface area contributed by atoms with Crippen LogP contribution in [0.1, 0.15) is 30.6 Å². The number of aliphatic hydroxyl groups excluding tert-OH is 1. The first kappa shape index (κ1) is 16.4. The van der Waals surface area contributed by atoms with Gasteiger partial charge in [-0.2, -0.15) is 0 Å². The number of carbonyl (C=O) groups is 1. The van der Waals surface area contributed by atoms with E-state index in [0.717, 1.165) is 0 Å². The van der Waals surface area contributed by atoms with Crippen LogP contribution in [0.25, 0.3) is 0 Å². The normalized spacial score (nSPS) is 31.8. The largest absolute Gasteiger partial charge is 0.462 e. The lowest BCUT2D eigenvalue weighted by Gasteiger charge is -2.23. The number of fused-ring (bicyclic) bond motifs is 1. The smallest absolute Gasteiger partial charge is 0.338 e. The quantitative estimate of drug-likeness (QED) is 0.829. The van der Waals surface area contributed by atoms with E-state index in [2.05, 4.69) is 0 Å². The van der Waals surface area contributed by atoms with Gasteiger partial charge >= 0.3 is 5.97 Å². The molecule has 23 heavy (non-hydrogen) atoms. The molecule has 0 radical (unpaired) electrons. The summed E-state index contributed by atoms with van der Waals surface area (Å²) in [5, 5.41) is 9.42. The van der Waals surface area contributed by atoms with Gasteiger partial charge in [-0.3, -0.25) is 0 Å². The van der Waals surface area contributed by atoms with Gasteiger partial charge in [0.05, 0.1) is 24.9 Å². The Morgan fingerprint density at radius 1 is 1.17 bits per heavy atom. The molecule has 2 aliphatic rings. The van der Waals surface area contributed by atoms with Crippen molar-refractivity contribution in [3.05, 3.63) is 35.9 Å². The van der Waals surface area contributed by atoms with Gasteiger partial charge < -0.3 is 24.1 Å². The van der Waals surface area contributed by atoms with Crippen molar-refractivity contribution in [3.63, 3.8) is 0 Å². The number of aliphatic hydroxyl groups is 1. The van der Waals surface area contributed by atoms with Gasteiger partial charge in [0.1, 0.15) is 18.3 Å². The molecule has 2 saturated heterocycles.